The van der Waals surface area contributed by atoms with Gasteiger partial charge in [-0.15, -0.1) is 4.91 Å². The zero-order valence-corrected chi connectivity index (χ0v) is 12.5. The quantitative estimate of drug-likeness (QED) is 0.625. The zero-order chi connectivity index (χ0) is 15.5. The first kappa shape index (κ1) is 15.5. The molecule has 0 aromatic carbocycles. The Morgan fingerprint density at radius 2 is 1.86 bits per heavy atom. The minimum absolute atomic E-state index is 0.109. The number of aliphatic carboxylic acids is 1. The van der Waals surface area contributed by atoms with E-state index in [9.17, 15) is 14.8 Å². The summed E-state index contributed by atoms with van der Waals surface area (Å²) in [6, 6.07) is 0. The van der Waals surface area contributed by atoms with Crippen molar-refractivity contribution in [2.45, 2.75) is 38.6 Å². The molecule has 0 radical (unpaired) electrons. The second-order valence-corrected chi connectivity index (χ2v) is 6.08. The van der Waals surface area contributed by atoms with Crippen molar-refractivity contribution < 1.29 is 9.90 Å². The predicted molar refractivity (Wildman–Crippen MR) is 81.4 cm³/mol. The first-order valence-corrected chi connectivity index (χ1v) is 7.46. The van der Waals surface area contributed by atoms with Gasteiger partial charge in [-0.3, -0.25) is 4.79 Å². The Morgan fingerprint density at radius 1 is 1.24 bits per heavy atom. The lowest BCUT2D eigenvalue weighted by molar-refractivity contribution is -0.140. The minimum Gasteiger partial charge on any atom is -0.481 e. The van der Waals surface area contributed by atoms with Gasteiger partial charge in [0.25, 0.3) is 0 Å². The summed E-state index contributed by atoms with van der Waals surface area (Å²) in [7, 11) is 0. The highest BCUT2D eigenvalue weighted by Gasteiger charge is 2.44. The average molecular weight is 287 g/mol. The maximum absolute atomic E-state index is 11.5. The van der Waals surface area contributed by atoms with Gasteiger partial charge in [-0.2, -0.15) is 0 Å². The van der Waals surface area contributed by atoms with Crippen molar-refractivity contribution in [1.82, 2.24) is 0 Å². The summed E-state index contributed by atoms with van der Waals surface area (Å²) in [6.45, 7) is 4.02. The lowest BCUT2D eigenvalue weighted by atomic mass is 9.68. The van der Waals surface area contributed by atoms with Gasteiger partial charge in [-0.25, -0.2) is 0 Å². The zero-order valence-electron chi connectivity index (χ0n) is 12.5. The highest BCUT2D eigenvalue weighted by atomic mass is 16.4. The Morgan fingerprint density at radius 3 is 2.43 bits per heavy atom. The first-order chi connectivity index (χ1) is 10.0. The van der Waals surface area contributed by atoms with E-state index in [2.05, 4.69) is 17.0 Å². The lowest BCUT2D eigenvalue weighted by Gasteiger charge is -2.37. The molecule has 2 aliphatic carbocycles. The summed E-state index contributed by atoms with van der Waals surface area (Å²) < 4.78 is 0. The highest BCUT2D eigenvalue weighted by molar-refractivity contribution is 5.74. The van der Waals surface area contributed by atoms with E-state index >= 15 is 0 Å². The molecular weight excluding hydrogens is 266 g/mol. The molecule has 0 bridgehead atoms. The van der Waals surface area contributed by atoms with Gasteiger partial charge in [0, 0.05) is 0 Å². The Kier molecular flexibility index (Phi) is 4.62. The maximum Gasteiger partial charge on any atom is 0.311 e. The molecule has 0 spiro atoms. The van der Waals surface area contributed by atoms with Gasteiger partial charge < -0.3 is 5.11 Å². The molecule has 0 aromatic heterocycles. The van der Waals surface area contributed by atoms with E-state index in [1.807, 2.05) is 13.8 Å². The van der Waals surface area contributed by atoms with Crippen molar-refractivity contribution in [3.8, 4) is 11.8 Å². The second kappa shape index (κ2) is 6.26. The van der Waals surface area contributed by atoms with Crippen LogP contribution in [0.2, 0.25) is 0 Å². The molecule has 1 saturated carbocycles. The summed E-state index contributed by atoms with van der Waals surface area (Å²) in [5.74, 6) is 4.35. The average Bonchev–Trinajstić information content (AvgIpc) is 2.48. The number of allylic oxidation sites excluding steroid dienone is 3. The number of rotatable bonds is 2. The van der Waals surface area contributed by atoms with Gasteiger partial charge in [0.05, 0.1) is 11.8 Å². The fraction of sp³-hybridized carbons (Fsp3) is 0.588. The van der Waals surface area contributed by atoms with Gasteiger partial charge >= 0.3 is 5.97 Å². The van der Waals surface area contributed by atoms with Crippen LogP contribution in [0.3, 0.4) is 0 Å². The third-order valence-electron chi connectivity index (χ3n) is 4.79. The van der Waals surface area contributed by atoms with Crippen LogP contribution in [-0.2, 0) is 4.79 Å². The molecule has 2 rings (SSSR count). The first-order valence-electron chi connectivity index (χ1n) is 7.46. The summed E-state index contributed by atoms with van der Waals surface area (Å²) in [5.41, 5.74) is -0.879. The largest absolute Gasteiger partial charge is 0.481 e. The van der Waals surface area contributed by atoms with Crippen molar-refractivity contribution in [3.63, 3.8) is 0 Å². The van der Waals surface area contributed by atoms with Crippen molar-refractivity contribution in [2.75, 3.05) is 0 Å². The van der Waals surface area contributed by atoms with Gasteiger partial charge in [0.2, 0.25) is 0 Å². The highest BCUT2D eigenvalue weighted by Crippen LogP contribution is 2.40. The molecular formula is C17H21NO3. The molecule has 0 aliphatic heterocycles. The Bertz CT molecular complexity index is 528. The fourth-order valence-corrected chi connectivity index (χ4v) is 3.29. The summed E-state index contributed by atoms with van der Waals surface area (Å²) >= 11 is 0. The Labute approximate surface area is 125 Å². The van der Waals surface area contributed by atoms with E-state index in [1.54, 1.807) is 24.3 Å². The third-order valence-corrected chi connectivity index (χ3v) is 4.79. The number of hydrogen-bond acceptors (Lipinski definition) is 3. The molecule has 0 heterocycles. The summed E-state index contributed by atoms with van der Waals surface area (Å²) in [5, 5.41) is 12.6. The molecule has 0 saturated heterocycles. The van der Waals surface area contributed by atoms with E-state index in [4.69, 9.17) is 0 Å². The molecule has 112 valence electrons. The van der Waals surface area contributed by atoms with Crippen molar-refractivity contribution in [1.29, 1.82) is 0 Å². The summed E-state index contributed by atoms with van der Waals surface area (Å²) in [6.07, 6.45) is 9.90. The smallest absolute Gasteiger partial charge is 0.311 e. The monoisotopic (exact) mass is 287 g/mol. The van der Waals surface area contributed by atoms with E-state index < -0.39 is 23.3 Å². The molecule has 4 atom stereocenters. The molecule has 0 aromatic rings. The van der Waals surface area contributed by atoms with Gasteiger partial charge in [-0.05, 0) is 29.9 Å². The van der Waals surface area contributed by atoms with E-state index in [0.29, 0.717) is 0 Å². The molecule has 4 heteroatoms. The molecule has 2 aliphatic rings. The number of carbonyl (C=O) groups is 1. The third kappa shape index (κ3) is 2.92. The molecule has 0 amide bonds. The lowest BCUT2D eigenvalue weighted by Crippen LogP contribution is -2.42. The fourth-order valence-electron chi connectivity index (χ4n) is 3.29. The van der Waals surface area contributed by atoms with Gasteiger partial charge in [-0.1, -0.05) is 56.4 Å². The number of nitrogens with zero attached hydrogens (tertiary/aromatic N) is 1. The Hall–Kier alpha value is -1.89. The topological polar surface area (TPSA) is 66.7 Å². The van der Waals surface area contributed by atoms with Crippen LogP contribution in [0.15, 0.2) is 29.5 Å². The van der Waals surface area contributed by atoms with Crippen LogP contribution < -0.4 is 0 Å². The maximum atomic E-state index is 11.5. The summed E-state index contributed by atoms with van der Waals surface area (Å²) in [4.78, 5) is 22.7. The molecule has 21 heavy (non-hydrogen) atoms. The SMILES string of the molecule is CC1CCCC(C)C1(C#CC1C=CC=CC1C(=O)O)N=O. The van der Waals surface area contributed by atoms with Gasteiger partial charge in [0.1, 0.15) is 0 Å². The normalized spacial score (nSPS) is 38.4. The van der Waals surface area contributed by atoms with Crippen LogP contribution in [0, 0.1) is 40.4 Å². The van der Waals surface area contributed by atoms with Crippen molar-refractivity contribution in [3.05, 3.63) is 29.2 Å². The van der Waals surface area contributed by atoms with Crippen LogP contribution >= 0.6 is 0 Å². The Balaban J connectivity index is 2.30. The van der Waals surface area contributed by atoms with E-state index in [0.717, 1.165) is 19.3 Å². The van der Waals surface area contributed by atoms with Crippen LogP contribution in [0.1, 0.15) is 33.1 Å². The minimum atomic E-state index is -0.896. The van der Waals surface area contributed by atoms with Gasteiger partial charge in [0.15, 0.2) is 5.54 Å². The molecule has 4 nitrogen and oxygen atoms in total. The molecule has 4 unspecified atom stereocenters. The molecule has 1 N–H and O–H groups in total. The second-order valence-electron chi connectivity index (χ2n) is 6.08. The predicted octanol–water partition coefficient (Wildman–Crippen LogP) is 3.39. The van der Waals surface area contributed by atoms with E-state index in [1.165, 1.54) is 0 Å². The van der Waals surface area contributed by atoms with Crippen molar-refractivity contribution >= 4 is 5.97 Å². The standard InChI is InChI=1S/C17H21NO3/c1-12-6-5-7-13(2)17(12,18-21)11-10-14-8-3-4-9-15(14)16(19)20/h3-4,8-9,12-15H,5-7H2,1-2H3,(H,19,20). The van der Waals surface area contributed by atoms with Crippen LogP contribution in [0.25, 0.3) is 0 Å². The van der Waals surface area contributed by atoms with Crippen LogP contribution in [-0.4, -0.2) is 16.6 Å². The number of carboxylic acids is 1. The molecule has 1 fully saturated rings. The van der Waals surface area contributed by atoms with E-state index in [-0.39, 0.29) is 11.8 Å². The van der Waals surface area contributed by atoms with Crippen LogP contribution in [0.4, 0.5) is 0 Å². The van der Waals surface area contributed by atoms with Crippen molar-refractivity contribution in [2.24, 2.45) is 28.8 Å². The van der Waals surface area contributed by atoms with Crippen LogP contribution in [0.5, 0.6) is 0 Å². The number of hydrogen-bond donors (Lipinski definition) is 1. The number of carboxylic acid groups (broad SMARTS) is 1. The number of nitroso groups, excluding NO2 is 1.